The first-order chi connectivity index (χ1) is 10.3. The van der Waals surface area contributed by atoms with Gasteiger partial charge >= 0.3 is 0 Å². The molecule has 0 radical (unpaired) electrons. The Morgan fingerprint density at radius 1 is 1.29 bits per heavy atom. The number of benzene rings is 1. The van der Waals surface area contributed by atoms with Gasteiger partial charge in [-0.25, -0.2) is 4.68 Å². The third-order valence-corrected chi connectivity index (χ3v) is 5.19. The first kappa shape index (κ1) is 14.6. The van der Waals surface area contributed by atoms with Crippen molar-refractivity contribution in [2.45, 2.75) is 36.6 Å². The molecule has 0 spiro atoms. The number of hydrogen-bond donors (Lipinski definition) is 1. The summed E-state index contributed by atoms with van der Waals surface area (Å²) in [5.41, 5.74) is 2.88. The standard InChI is InChI=1S/C16H20N2O2S/c1-12-15(11-19)16(21-14-7-9-20-10-8-14)18(17-12)13-5-3-2-4-6-13/h2-6,14,19H,7-11H2,1H3. The minimum Gasteiger partial charge on any atom is -0.392 e. The van der Waals surface area contributed by atoms with E-state index in [2.05, 4.69) is 5.10 Å². The number of aliphatic hydroxyl groups excluding tert-OH is 1. The summed E-state index contributed by atoms with van der Waals surface area (Å²) in [6.45, 7) is 3.64. The zero-order valence-corrected chi connectivity index (χ0v) is 13.0. The minimum absolute atomic E-state index is 0.0320. The van der Waals surface area contributed by atoms with Gasteiger partial charge in [-0.2, -0.15) is 5.10 Å². The average Bonchev–Trinajstić information content (AvgIpc) is 2.85. The summed E-state index contributed by atoms with van der Waals surface area (Å²) < 4.78 is 7.39. The Morgan fingerprint density at radius 2 is 2.00 bits per heavy atom. The molecule has 0 saturated carbocycles. The van der Waals surface area contributed by atoms with E-state index in [1.54, 1.807) is 0 Å². The van der Waals surface area contributed by atoms with E-state index < -0.39 is 0 Å². The summed E-state index contributed by atoms with van der Waals surface area (Å²) in [5, 5.41) is 15.9. The molecule has 1 aromatic heterocycles. The van der Waals surface area contributed by atoms with Crippen LogP contribution in [0.3, 0.4) is 0 Å². The van der Waals surface area contributed by atoms with Gasteiger partial charge in [-0.1, -0.05) is 18.2 Å². The van der Waals surface area contributed by atoms with Crippen molar-refractivity contribution >= 4 is 11.8 Å². The summed E-state index contributed by atoms with van der Waals surface area (Å²) in [7, 11) is 0. The normalized spacial score (nSPS) is 16.3. The average molecular weight is 304 g/mol. The fourth-order valence-electron chi connectivity index (χ4n) is 2.54. The van der Waals surface area contributed by atoms with Crippen LogP contribution in [0.25, 0.3) is 5.69 Å². The predicted octanol–water partition coefficient (Wildman–Crippen LogP) is 2.94. The lowest BCUT2D eigenvalue weighted by atomic mass is 10.2. The van der Waals surface area contributed by atoms with Crippen molar-refractivity contribution in [3.63, 3.8) is 0 Å². The number of para-hydroxylation sites is 1. The third kappa shape index (κ3) is 3.15. The SMILES string of the molecule is Cc1nn(-c2ccccc2)c(SC2CCOCC2)c1CO. The Kier molecular flexibility index (Phi) is 4.63. The van der Waals surface area contributed by atoms with Gasteiger partial charge in [-0.15, -0.1) is 11.8 Å². The van der Waals surface area contributed by atoms with Crippen molar-refractivity contribution in [2.24, 2.45) is 0 Å². The molecule has 112 valence electrons. The van der Waals surface area contributed by atoms with E-state index >= 15 is 0 Å². The number of nitrogens with zero attached hydrogens (tertiary/aromatic N) is 2. The molecule has 1 N–H and O–H groups in total. The van der Waals surface area contributed by atoms with Gasteiger partial charge in [0.05, 0.1) is 18.0 Å². The van der Waals surface area contributed by atoms with E-state index in [0.29, 0.717) is 5.25 Å². The van der Waals surface area contributed by atoms with Crippen LogP contribution in [0.2, 0.25) is 0 Å². The third-order valence-electron chi connectivity index (χ3n) is 3.74. The van der Waals surface area contributed by atoms with E-state index in [1.165, 1.54) is 0 Å². The Morgan fingerprint density at radius 3 is 2.67 bits per heavy atom. The number of thioether (sulfide) groups is 1. The molecule has 0 unspecified atom stereocenters. The second kappa shape index (κ2) is 6.64. The van der Waals surface area contributed by atoms with E-state index in [4.69, 9.17) is 4.74 Å². The van der Waals surface area contributed by atoms with Crippen LogP contribution in [0.15, 0.2) is 35.4 Å². The molecule has 2 heterocycles. The largest absolute Gasteiger partial charge is 0.392 e. The summed E-state index contributed by atoms with van der Waals surface area (Å²) in [4.78, 5) is 0. The van der Waals surface area contributed by atoms with Gasteiger partial charge in [-0.05, 0) is 31.9 Å². The van der Waals surface area contributed by atoms with E-state index in [1.807, 2.05) is 53.7 Å². The van der Waals surface area contributed by atoms with Crippen LogP contribution in [0.4, 0.5) is 0 Å². The lowest BCUT2D eigenvalue weighted by Crippen LogP contribution is -2.18. The first-order valence-corrected chi connectivity index (χ1v) is 8.16. The molecular formula is C16H20N2O2S. The molecule has 0 atom stereocenters. The van der Waals surface area contributed by atoms with E-state index in [9.17, 15) is 5.11 Å². The van der Waals surface area contributed by atoms with Crippen LogP contribution in [-0.2, 0) is 11.3 Å². The predicted molar refractivity (Wildman–Crippen MR) is 83.9 cm³/mol. The summed E-state index contributed by atoms with van der Waals surface area (Å²) in [6.07, 6.45) is 2.10. The smallest absolute Gasteiger partial charge is 0.106 e. The number of aromatic nitrogens is 2. The van der Waals surface area contributed by atoms with Crippen molar-refractivity contribution in [1.82, 2.24) is 9.78 Å². The maximum Gasteiger partial charge on any atom is 0.106 e. The molecule has 1 fully saturated rings. The van der Waals surface area contributed by atoms with Crippen LogP contribution in [-0.4, -0.2) is 33.4 Å². The second-order valence-electron chi connectivity index (χ2n) is 5.20. The fourth-order valence-corrected chi connectivity index (χ4v) is 3.88. The van der Waals surface area contributed by atoms with Gasteiger partial charge in [0.1, 0.15) is 5.03 Å². The van der Waals surface area contributed by atoms with Gasteiger partial charge in [0.2, 0.25) is 0 Å². The molecule has 1 aliphatic heterocycles. The quantitative estimate of drug-likeness (QED) is 0.943. The zero-order valence-electron chi connectivity index (χ0n) is 12.2. The van der Waals surface area contributed by atoms with Gasteiger partial charge in [0, 0.05) is 24.0 Å². The van der Waals surface area contributed by atoms with Crippen LogP contribution in [0.1, 0.15) is 24.1 Å². The Bertz CT molecular complexity index is 592. The lowest BCUT2D eigenvalue weighted by Gasteiger charge is -2.22. The Labute approximate surface area is 129 Å². The van der Waals surface area contributed by atoms with Crippen molar-refractivity contribution < 1.29 is 9.84 Å². The fraction of sp³-hybridized carbons (Fsp3) is 0.438. The molecule has 5 heteroatoms. The highest BCUT2D eigenvalue weighted by molar-refractivity contribution is 7.99. The van der Waals surface area contributed by atoms with Crippen molar-refractivity contribution in [3.05, 3.63) is 41.6 Å². The summed E-state index contributed by atoms with van der Waals surface area (Å²) in [6, 6.07) is 10.1. The van der Waals surface area contributed by atoms with Gasteiger partial charge < -0.3 is 9.84 Å². The molecule has 0 bridgehead atoms. The maximum absolute atomic E-state index is 9.70. The molecule has 0 aliphatic carbocycles. The summed E-state index contributed by atoms with van der Waals surface area (Å²) in [5.74, 6) is 0. The molecule has 3 rings (SSSR count). The molecule has 1 aliphatic rings. The molecule has 4 nitrogen and oxygen atoms in total. The topological polar surface area (TPSA) is 47.3 Å². The molecular weight excluding hydrogens is 284 g/mol. The highest BCUT2D eigenvalue weighted by Gasteiger charge is 2.22. The Hall–Kier alpha value is -1.30. The zero-order chi connectivity index (χ0) is 14.7. The van der Waals surface area contributed by atoms with Gasteiger partial charge in [0.15, 0.2) is 0 Å². The van der Waals surface area contributed by atoms with Crippen molar-refractivity contribution in [2.75, 3.05) is 13.2 Å². The van der Waals surface area contributed by atoms with E-state index in [-0.39, 0.29) is 6.61 Å². The lowest BCUT2D eigenvalue weighted by molar-refractivity contribution is 0.1000. The molecule has 2 aromatic rings. The van der Waals surface area contributed by atoms with Crippen LogP contribution >= 0.6 is 11.8 Å². The number of ether oxygens (including phenoxy) is 1. The number of rotatable bonds is 4. The monoisotopic (exact) mass is 304 g/mol. The van der Waals surface area contributed by atoms with Crippen molar-refractivity contribution in [1.29, 1.82) is 0 Å². The highest BCUT2D eigenvalue weighted by atomic mass is 32.2. The minimum atomic E-state index is 0.0320. The number of hydrogen-bond acceptors (Lipinski definition) is 4. The van der Waals surface area contributed by atoms with Gasteiger partial charge in [0.25, 0.3) is 0 Å². The maximum atomic E-state index is 9.70. The molecule has 0 amide bonds. The first-order valence-electron chi connectivity index (χ1n) is 7.28. The number of aryl methyl sites for hydroxylation is 1. The molecule has 1 saturated heterocycles. The van der Waals surface area contributed by atoms with Crippen molar-refractivity contribution in [3.8, 4) is 5.69 Å². The van der Waals surface area contributed by atoms with Crippen LogP contribution < -0.4 is 0 Å². The highest BCUT2D eigenvalue weighted by Crippen LogP contribution is 2.35. The van der Waals surface area contributed by atoms with Crippen LogP contribution in [0.5, 0.6) is 0 Å². The molecule has 21 heavy (non-hydrogen) atoms. The van der Waals surface area contributed by atoms with Crippen LogP contribution in [0, 0.1) is 6.92 Å². The Balaban J connectivity index is 1.96. The number of aliphatic hydroxyl groups is 1. The van der Waals surface area contributed by atoms with Gasteiger partial charge in [-0.3, -0.25) is 0 Å². The summed E-state index contributed by atoms with van der Waals surface area (Å²) >= 11 is 1.82. The van der Waals surface area contributed by atoms with E-state index in [0.717, 1.165) is 48.0 Å². The molecule has 1 aromatic carbocycles. The second-order valence-corrected chi connectivity index (χ2v) is 6.49.